The molecule has 0 saturated carbocycles. The van der Waals surface area contributed by atoms with E-state index in [1.807, 2.05) is 0 Å². The minimum Gasteiger partial charge on any atom is -0.302 e. The molecule has 1 unspecified atom stereocenters. The van der Waals surface area contributed by atoms with E-state index < -0.39 is 21.1 Å². The van der Waals surface area contributed by atoms with Crippen LogP contribution in [0.15, 0.2) is 34.1 Å². The highest BCUT2D eigenvalue weighted by Crippen LogP contribution is 2.17. The fraction of sp³-hybridized carbons (Fsp3) is 0. The summed E-state index contributed by atoms with van der Waals surface area (Å²) in [5, 5.41) is 0. The lowest BCUT2D eigenvalue weighted by molar-refractivity contribution is 0.556. The molecule has 1 aromatic carbocycles. The topological polar surface area (TPSA) is 109 Å². The summed E-state index contributed by atoms with van der Waals surface area (Å²) in [7, 11) is -3.90. The van der Waals surface area contributed by atoms with Crippen LogP contribution >= 0.6 is 0 Å². The van der Waals surface area contributed by atoms with Gasteiger partial charge in [-0.25, -0.2) is 12.6 Å². The van der Waals surface area contributed by atoms with Gasteiger partial charge in [-0.1, -0.05) is 12.1 Å². The van der Waals surface area contributed by atoms with Crippen LogP contribution in [0.25, 0.3) is 0 Å². The van der Waals surface area contributed by atoms with Crippen molar-refractivity contribution in [3.05, 3.63) is 24.3 Å². The third-order valence-electron chi connectivity index (χ3n) is 1.48. The molecule has 0 radical (unpaired) electrons. The number of hydrogen-bond acceptors (Lipinski definition) is 4. The maximum atomic E-state index is 11.2. The van der Waals surface area contributed by atoms with Crippen LogP contribution < -0.4 is 10.7 Å². The third kappa shape index (κ3) is 2.16. The second-order valence-corrected chi connectivity index (χ2v) is 4.94. The first kappa shape index (κ1) is 11.3. The Hall–Kier alpha value is -0.800. The Labute approximate surface area is 83.4 Å². The maximum absolute atomic E-state index is 11.2. The normalized spacial score (nSPS) is 13.9. The van der Waals surface area contributed by atoms with Gasteiger partial charge in [0, 0.05) is 0 Å². The van der Waals surface area contributed by atoms with Crippen LogP contribution in [0, 0.1) is 0 Å². The summed E-state index contributed by atoms with van der Waals surface area (Å²) in [5.74, 6) is 4.79. The molecule has 0 bridgehead atoms. The van der Waals surface area contributed by atoms with Gasteiger partial charge < -0.3 is 4.55 Å². The zero-order valence-corrected chi connectivity index (χ0v) is 8.51. The molecule has 0 spiro atoms. The second kappa shape index (κ2) is 4.15. The Morgan fingerprint density at radius 1 is 1.36 bits per heavy atom. The summed E-state index contributed by atoms with van der Waals surface area (Å²) in [4.78, 5) is 1.07. The average molecular weight is 236 g/mol. The molecule has 78 valence electrons. The minimum atomic E-state index is -3.90. The molecule has 4 N–H and O–H groups in total. The first-order valence-corrected chi connectivity index (χ1v) is 6.00. The lowest BCUT2D eigenvalue weighted by Crippen LogP contribution is -2.30. The van der Waals surface area contributed by atoms with Crippen LogP contribution in [0.3, 0.4) is 0 Å². The van der Waals surface area contributed by atoms with E-state index in [0.717, 1.165) is 0 Å². The van der Waals surface area contributed by atoms with Gasteiger partial charge in [0.05, 0.1) is 4.90 Å². The largest absolute Gasteiger partial charge is 0.302 e. The Balaban J connectivity index is 3.42. The quantitative estimate of drug-likeness (QED) is 0.369. The predicted molar refractivity (Wildman–Crippen MR) is 50.0 cm³/mol. The van der Waals surface area contributed by atoms with Gasteiger partial charge in [0.15, 0.2) is 11.1 Å². The van der Waals surface area contributed by atoms with Crippen molar-refractivity contribution < 1.29 is 17.2 Å². The van der Waals surface area contributed by atoms with Crippen molar-refractivity contribution in [2.75, 3.05) is 0 Å². The fourth-order valence-corrected chi connectivity index (χ4v) is 2.58. The van der Waals surface area contributed by atoms with Gasteiger partial charge in [-0.2, -0.15) is 4.83 Å². The Kier molecular flexibility index (Phi) is 3.34. The summed E-state index contributed by atoms with van der Waals surface area (Å²) in [5.41, 5.74) is 0. The first-order valence-electron chi connectivity index (χ1n) is 3.41. The molecule has 14 heavy (non-hydrogen) atoms. The first-order chi connectivity index (χ1) is 6.49. The smallest absolute Gasteiger partial charge is 0.254 e. The van der Waals surface area contributed by atoms with E-state index in [-0.39, 0.29) is 9.79 Å². The summed E-state index contributed by atoms with van der Waals surface area (Å²) < 4.78 is 42.1. The minimum absolute atomic E-state index is 0.203. The van der Waals surface area contributed by atoms with Gasteiger partial charge in [-0.3, -0.25) is 5.84 Å². The SMILES string of the molecule is NNS(=O)(=O)c1ccccc1S(=O)O. The third-order valence-corrected chi connectivity index (χ3v) is 3.59. The highest BCUT2D eigenvalue weighted by molar-refractivity contribution is 7.90. The zero-order chi connectivity index (χ0) is 10.8. The van der Waals surface area contributed by atoms with Crippen molar-refractivity contribution in [1.82, 2.24) is 4.83 Å². The molecule has 0 aromatic heterocycles. The maximum Gasteiger partial charge on any atom is 0.254 e. The number of hydrogen-bond donors (Lipinski definition) is 3. The van der Waals surface area contributed by atoms with E-state index >= 15 is 0 Å². The van der Waals surface area contributed by atoms with Crippen LogP contribution in [0.2, 0.25) is 0 Å². The van der Waals surface area contributed by atoms with Gasteiger partial charge in [0.1, 0.15) is 4.90 Å². The van der Waals surface area contributed by atoms with Gasteiger partial charge >= 0.3 is 0 Å². The molecule has 0 aliphatic heterocycles. The molecule has 8 heteroatoms. The number of hydrazine groups is 1. The van der Waals surface area contributed by atoms with E-state index in [2.05, 4.69) is 0 Å². The van der Waals surface area contributed by atoms with Crippen LogP contribution in [0.5, 0.6) is 0 Å². The van der Waals surface area contributed by atoms with Crippen molar-refractivity contribution in [2.24, 2.45) is 5.84 Å². The van der Waals surface area contributed by atoms with Gasteiger partial charge in [0.2, 0.25) is 0 Å². The molecule has 1 aromatic rings. The van der Waals surface area contributed by atoms with Crippen molar-refractivity contribution in [3.8, 4) is 0 Å². The Bertz CT molecular complexity index is 457. The fourth-order valence-electron chi connectivity index (χ4n) is 0.880. The van der Waals surface area contributed by atoms with E-state index in [9.17, 15) is 12.6 Å². The van der Waals surface area contributed by atoms with Gasteiger partial charge in [0.25, 0.3) is 10.0 Å². The molecule has 6 nitrogen and oxygen atoms in total. The second-order valence-electron chi connectivity index (χ2n) is 2.32. The predicted octanol–water partition coefficient (Wildman–Crippen LogP) is -0.581. The number of benzene rings is 1. The van der Waals surface area contributed by atoms with E-state index in [0.29, 0.717) is 0 Å². The highest BCUT2D eigenvalue weighted by Gasteiger charge is 2.18. The summed E-state index contributed by atoms with van der Waals surface area (Å²) >= 11 is -2.36. The van der Waals surface area contributed by atoms with Crippen molar-refractivity contribution in [2.45, 2.75) is 9.79 Å². The van der Waals surface area contributed by atoms with Gasteiger partial charge in [-0.05, 0) is 12.1 Å². The van der Waals surface area contributed by atoms with Crippen LogP contribution in [-0.4, -0.2) is 17.2 Å². The molecule has 1 rings (SSSR count). The number of rotatable bonds is 3. The highest BCUT2D eigenvalue weighted by atomic mass is 32.2. The van der Waals surface area contributed by atoms with Crippen LogP contribution in [0.1, 0.15) is 0 Å². The van der Waals surface area contributed by atoms with Gasteiger partial charge in [-0.15, -0.1) is 0 Å². The molecule has 1 atom stereocenters. The average Bonchev–Trinajstić information content (AvgIpc) is 2.18. The zero-order valence-electron chi connectivity index (χ0n) is 6.88. The lowest BCUT2D eigenvalue weighted by Gasteiger charge is -2.05. The summed E-state index contributed by atoms with van der Waals surface area (Å²) in [6.45, 7) is 0. The van der Waals surface area contributed by atoms with Crippen LogP contribution in [-0.2, 0) is 21.1 Å². The van der Waals surface area contributed by atoms with Crippen molar-refractivity contribution in [3.63, 3.8) is 0 Å². The number of nitrogens with one attached hydrogen (secondary N) is 1. The summed E-state index contributed by atoms with van der Waals surface area (Å²) in [6.07, 6.45) is 0. The monoisotopic (exact) mass is 236 g/mol. The van der Waals surface area contributed by atoms with Crippen LogP contribution in [0.4, 0.5) is 0 Å². The van der Waals surface area contributed by atoms with Crippen molar-refractivity contribution in [1.29, 1.82) is 0 Å². The molecular weight excluding hydrogens is 228 g/mol. The van der Waals surface area contributed by atoms with E-state index in [4.69, 9.17) is 10.4 Å². The molecule has 0 amide bonds. The molecule has 0 aliphatic carbocycles. The molecule has 0 fully saturated rings. The van der Waals surface area contributed by atoms with E-state index in [1.165, 1.54) is 24.3 Å². The van der Waals surface area contributed by atoms with Crippen molar-refractivity contribution >= 4 is 21.1 Å². The Morgan fingerprint density at radius 3 is 2.43 bits per heavy atom. The molecule has 0 heterocycles. The molecular formula is C6H8N2O4S2. The molecule has 0 saturated heterocycles. The van der Waals surface area contributed by atoms with E-state index in [1.54, 1.807) is 4.83 Å². The number of nitrogens with two attached hydrogens (primary N) is 1. The Morgan fingerprint density at radius 2 is 1.93 bits per heavy atom. The lowest BCUT2D eigenvalue weighted by atomic mass is 10.4. The standard InChI is InChI=1S/C6H8N2O4S2/c7-8-14(11,12)6-4-2-1-3-5(6)13(9)10/h1-4,8H,7H2,(H,9,10). The molecule has 0 aliphatic rings. The summed E-state index contributed by atoms with van der Waals surface area (Å²) in [6, 6.07) is 5.32. The number of sulfonamides is 1.